The zero-order valence-corrected chi connectivity index (χ0v) is 8.19. The maximum atomic E-state index is 10.2. The molecule has 3 heteroatoms. The fraction of sp³-hybridized carbons (Fsp3) is 0.889. The first-order valence-corrected chi connectivity index (χ1v) is 4.82. The summed E-state index contributed by atoms with van der Waals surface area (Å²) in [5, 5.41) is 0. The van der Waals surface area contributed by atoms with Crippen LogP contribution in [0.15, 0.2) is 0 Å². The van der Waals surface area contributed by atoms with Crippen LogP contribution < -0.4 is 0 Å². The maximum absolute atomic E-state index is 10.2. The van der Waals surface area contributed by atoms with Crippen LogP contribution in [0.4, 0.5) is 4.79 Å². The van der Waals surface area contributed by atoms with Gasteiger partial charge in [-0.15, -0.1) is 0 Å². The summed E-state index contributed by atoms with van der Waals surface area (Å²) in [6.07, 6.45) is 6.06. The molecule has 2 nitrogen and oxygen atoms in total. The molecule has 1 aliphatic rings. The van der Waals surface area contributed by atoms with Gasteiger partial charge in [0.25, 0.3) is 0 Å². The highest BCUT2D eigenvalue weighted by molar-refractivity contribution is 6.61. The maximum Gasteiger partial charge on any atom is 0.403 e. The Balaban J connectivity index is 1.86. The van der Waals surface area contributed by atoms with Crippen molar-refractivity contribution in [3.8, 4) is 0 Å². The minimum Gasteiger partial charge on any atom is -0.454 e. The molecule has 0 aromatic heterocycles. The number of hydrogen-bond acceptors (Lipinski definition) is 2. The Hall–Kier alpha value is -0.240. The van der Waals surface area contributed by atoms with Gasteiger partial charge in [-0.3, -0.25) is 0 Å². The molecule has 0 aromatic carbocycles. The van der Waals surface area contributed by atoms with Crippen LogP contribution in [0.2, 0.25) is 0 Å². The molecule has 0 N–H and O–H groups in total. The average Bonchev–Trinajstić information content (AvgIpc) is 2.67. The topological polar surface area (TPSA) is 26.3 Å². The van der Waals surface area contributed by atoms with Crippen molar-refractivity contribution in [1.82, 2.24) is 0 Å². The van der Waals surface area contributed by atoms with Gasteiger partial charge >= 0.3 is 5.43 Å². The summed E-state index contributed by atoms with van der Waals surface area (Å²) >= 11 is 5.00. The van der Waals surface area contributed by atoms with E-state index < -0.39 is 5.43 Å². The van der Waals surface area contributed by atoms with Crippen molar-refractivity contribution in [3.05, 3.63) is 0 Å². The van der Waals surface area contributed by atoms with Crippen molar-refractivity contribution >= 4 is 17.0 Å². The third-order valence-electron chi connectivity index (χ3n) is 2.49. The monoisotopic (exact) mass is 190 g/mol. The Morgan fingerprint density at radius 1 is 1.50 bits per heavy atom. The number of rotatable bonds is 5. The molecule has 0 heterocycles. The largest absolute Gasteiger partial charge is 0.454 e. The first-order chi connectivity index (χ1) is 5.62. The van der Waals surface area contributed by atoms with Gasteiger partial charge in [0, 0.05) is 11.6 Å². The van der Waals surface area contributed by atoms with E-state index >= 15 is 0 Å². The molecule has 0 spiro atoms. The lowest BCUT2D eigenvalue weighted by Gasteiger charge is -2.06. The fourth-order valence-corrected chi connectivity index (χ4v) is 1.35. The summed E-state index contributed by atoms with van der Waals surface area (Å²) < 4.78 is 4.60. The average molecular weight is 191 g/mol. The molecule has 0 amide bonds. The highest BCUT2D eigenvalue weighted by Crippen LogP contribution is 2.49. The Morgan fingerprint density at radius 3 is 2.67 bits per heavy atom. The molecule has 0 bridgehead atoms. The Bertz CT molecular complexity index is 164. The Labute approximate surface area is 78.2 Å². The summed E-state index contributed by atoms with van der Waals surface area (Å²) in [6, 6.07) is 0. The van der Waals surface area contributed by atoms with Gasteiger partial charge in [-0.05, 0) is 37.5 Å². The van der Waals surface area contributed by atoms with Crippen molar-refractivity contribution in [3.63, 3.8) is 0 Å². The molecule has 1 fully saturated rings. The predicted molar refractivity (Wildman–Crippen MR) is 48.4 cm³/mol. The zero-order valence-electron chi connectivity index (χ0n) is 7.44. The van der Waals surface area contributed by atoms with Crippen molar-refractivity contribution < 1.29 is 9.53 Å². The van der Waals surface area contributed by atoms with Gasteiger partial charge in [-0.1, -0.05) is 6.92 Å². The van der Waals surface area contributed by atoms with Crippen LogP contribution in [0.1, 0.15) is 39.0 Å². The van der Waals surface area contributed by atoms with Crippen LogP contribution in [-0.4, -0.2) is 12.0 Å². The molecular weight excluding hydrogens is 176 g/mol. The smallest absolute Gasteiger partial charge is 0.403 e. The molecule has 0 saturated heterocycles. The van der Waals surface area contributed by atoms with Crippen LogP contribution in [-0.2, 0) is 4.74 Å². The number of halogens is 1. The Kier molecular flexibility index (Phi) is 3.39. The summed E-state index contributed by atoms with van der Waals surface area (Å²) in [4.78, 5) is 10.2. The van der Waals surface area contributed by atoms with Gasteiger partial charge in [0.1, 0.15) is 0 Å². The van der Waals surface area contributed by atoms with Gasteiger partial charge in [-0.2, -0.15) is 0 Å². The van der Waals surface area contributed by atoms with Gasteiger partial charge in [-0.25, -0.2) is 4.79 Å². The standard InChI is InChI=1S/C9H15ClO2/c1-9(5-6-9)4-2-3-7-12-8(10)11/h2-7H2,1H3. The van der Waals surface area contributed by atoms with Crippen LogP contribution in [0.3, 0.4) is 0 Å². The number of hydrogen-bond donors (Lipinski definition) is 0. The number of carbonyl (C=O) groups is 1. The van der Waals surface area contributed by atoms with E-state index in [9.17, 15) is 4.79 Å². The van der Waals surface area contributed by atoms with Gasteiger partial charge in [0.2, 0.25) is 0 Å². The van der Waals surface area contributed by atoms with E-state index in [1.165, 1.54) is 19.3 Å². The third kappa shape index (κ3) is 3.96. The lowest BCUT2D eigenvalue weighted by atomic mass is 10.0. The highest BCUT2D eigenvalue weighted by Gasteiger charge is 2.35. The van der Waals surface area contributed by atoms with Crippen molar-refractivity contribution in [2.75, 3.05) is 6.61 Å². The van der Waals surface area contributed by atoms with Gasteiger partial charge in [0.15, 0.2) is 0 Å². The Morgan fingerprint density at radius 2 is 2.17 bits per heavy atom. The van der Waals surface area contributed by atoms with Crippen molar-refractivity contribution in [2.24, 2.45) is 5.41 Å². The quantitative estimate of drug-likeness (QED) is 0.491. The van der Waals surface area contributed by atoms with Gasteiger partial charge < -0.3 is 4.74 Å². The second-order valence-corrected chi connectivity index (χ2v) is 4.16. The summed E-state index contributed by atoms with van der Waals surface area (Å²) in [6.45, 7) is 2.78. The summed E-state index contributed by atoms with van der Waals surface area (Å²) in [5.74, 6) is 0. The number of unbranched alkanes of at least 4 members (excludes halogenated alkanes) is 1. The lowest BCUT2D eigenvalue weighted by Crippen LogP contribution is -1.98. The second-order valence-electron chi connectivity index (χ2n) is 3.85. The van der Waals surface area contributed by atoms with Gasteiger partial charge in [0.05, 0.1) is 6.61 Å². The minimum absolute atomic E-state index is 0.471. The van der Waals surface area contributed by atoms with Crippen LogP contribution in [0, 0.1) is 5.41 Å². The molecule has 1 saturated carbocycles. The minimum atomic E-state index is -0.687. The van der Waals surface area contributed by atoms with E-state index in [1.807, 2.05) is 0 Å². The molecule has 0 unspecified atom stereocenters. The van der Waals surface area contributed by atoms with E-state index in [2.05, 4.69) is 11.7 Å². The van der Waals surface area contributed by atoms with E-state index in [0.717, 1.165) is 12.8 Å². The van der Waals surface area contributed by atoms with Crippen LogP contribution in [0.25, 0.3) is 0 Å². The summed E-state index contributed by atoms with van der Waals surface area (Å²) in [5.41, 5.74) is -0.0713. The molecule has 70 valence electrons. The lowest BCUT2D eigenvalue weighted by molar-refractivity contribution is 0.170. The molecule has 0 aliphatic heterocycles. The van der Waals surface area contributed by atoms with E-state index in [4.69, 9.17) is 11.6 Å². The highest BCUT2D eigenvalue weighted by atomic mass is 35.5. The van der Waals surface area contributed by atoms with E-state index in [0.29, 0.717) is 12.0 Å². The molecule has 12 heavy (non-hydrogen) atoms. The molecule has 1 rings (SSSR count). The molecular formula is C9H15ClO2. The van der Waals surface area contributed by atoms with Crippen molar-refractivity contribution in [1.29, 1.82) is 0 Å². The molecule has 0 aromatic rings. The fourth-order valence-electron chi connectivity index (χ4n) is 1.27. The van der Waals surface area contributed by atoms with Crippen LogP contribution >= 0.6 is 11.6 Å². The van der Waals surface area contributed by atoms with Crippen LogP contribution in [0.5, 0.6) is 0 Å². The molecule has 1 aliphatic carbocycles. The first kappa shape index (κ1) is 9.85. The normalized spacial score (nSPS) is 18.8. The third-order valence-corrected chi connectivity index (χ3v) is 2.60. The zero-order chi connectivity index (χ0) is 9.03. The first-order valence-electron chi connectivity index (χ1n) is 4.45. The number of carbonyl (C=O) groups excluding carboxylic acids is 1. The molecule has 0 radical (unpaired) electrons. The molecule has 0 atom stereocenters. The predicted octanol–water partition coefficient (Wildman–Crippen LogP) is 3.33. The van der Waals surface area contributed by atoms with E-state index in [-0.39, 0.29) is 0 Å². The summed E-state index contributed by atoms with van der Waals surface area (Å²) in [7, 11) is 0. The second kappa shape index (κ2) is 4.13. The number of ether oxygens (including phenoxy) is 1. The van der Waals surface area contributed by atoms with Crippen molar-refractivity contribution in [2.45, 2.75) is 39.0 Å². The van der Waals surface area contributed by atoms with E-state index in [1.54, 1.807) is 0 Å². The SMILES string of the molecule is CC1(CCCCOC(=O)Cl)CC1.